The van der Waals surface area contributed by atoms with Gasteiger partial charge in [0.15, 0.2) is 0 Å². The van der Waals surface area contributed by atoms with E-state index in [0.29, 0.717) is 6.42 Å². The number of nitrogens with two attached hydrogens (primary N) is 1. The van der Waals surface area contributed by atoms with Crippen molar-refractivity contribution in [2.45, 2.75) is 19.6 Å². The van der Waals surface area contributed by atoms with Crippen LogP contribution < -0.4 is 5.73 Å². The zero-order chi connectivity index (χ0) is 4.28. The molecule has 0 saturated heterocycles. The van der Waals surface area contributed by atoms with Gasteiger partial charge in [0.1, 0.15) is 6.30 Å². The predicted octanol–water partition coefficient (Wildman–Crippen LogP) is 0.651. The molecule has 0 spiro atoms. The number of alkyl halides is 1. The molecule has 1 nitrogen and oxygen atoms in total. The van der Waals surface area contributed by atoms with Gasteiger partial charge in [-0.2, -0.15) is 0 Å². The van der Waals surface area contributed by atoms with Gasteiger partial charge in [0, 0.05) is 0 Å². The van der Waals surface area contributed by atoms with E-state index in [-0.39, 0.29) is 0 Å². The lowest BCUT2D eigenvalue weighted by atomic mass is 10.5. The molecule has 0 aromatic rings. The van der Waals surface area contributed by atoms with Gasteiger partial charge in [-0.15, -0.1) is 0 Å². The summed E-state index contributed by atoms with van der Waals surface area (Å²) in [6.45, 7) is 1.70. The van der Waals surface area contributed by atoms with Crippen LogP contribution >= 0.6 is 0 Å². The summed E-state index contributed by atoms with van der Waals surface area (Å²) in [6, 6.07) is 0. The highest BCUT2D eigenvalue weighted by atomic mass is 19.1. The zero-order valence-corrected chi connectivity index (χ0v) is 3.24. The van der Waals surface area contributed by atoms with Gasteiger partial charge < -0.3 is 5.73 Å². The van der Waals surface area contributed by atoms with Crippen LogP contribution in [0, 0.1) is 0 Å². The Labute approximate surface area is 31.0 Å². The standard InChI is InChI=1S/C3H8FN/c1-2-3(4)5/h3H,2,5H2,1H3/t3-/m1/s1. The van der Waals surface area contributed by atoms with Gasteiger partial charge in [-0.25, -0.2) is 4.39 Å². The minimum Gasteiger partial charge on any atom is -0.302 e. The minimum absolute atomic E-state index is 0.417. The Bertz CT molecular complexity index is 20.9. The van der Waals surface area contributed by atoms with Gasteiger partial charge in [0.25, 0.3) is 0 Å². The molecule has 2 heteroatoms. The van der Waals surface area contributed by atoms with Crippen LogP contribution in [0.1, 0.15) is 13.3 Å². The number of rotatable bonds is 1. The van der Waals surface area contributed by atoms with Crippen LogP contribution in [0.15, 0.2) is 0 Å². The molecular formula is C3H8FN. The van der Waals surface area contributed by atoms with E-state index in [1.165, 1.54) is 0 Å². The fourth-order valence-electron chi connectivity index (χ4n) is 0. The van der Waals surface area contributed by atoms with Gasteiger partial charge in [-0.3, -0.25) is 0 Å². The van der Waals surface area contributed by atoms with Crippen molar-refractivity contribution < 1.29 is 4.39 Å². The summed E-state index contributed by atoms with van der Waals surface area (Å²) < 4.78 is 11.2. The molecule has 0 aliphatic carbocycles. The summed E-state index contributed by atoms with van der Waals surface area (Å²) in [7, 11) is 0. The van der Waals surface area contributed by atoms with E-state index < -0.39 is 6.30 Å². The van der Waals surface area contributed by atoms with Crippen molar-refractivity contribution >= 4 is 0 Å². The fourth-order valence-corrected chi connectivity index (χ4v) is 0. The normalized spacial score (nSPS) is 15.0. The van der Waals surface area contributed by atoms with Crippen molar-refractivity contribution in [2.75, 3.05) is 0 Å². The lowest BCUT2D eigenvalue weighted by molar-refractivity contribution is 0.335. The third kappa shape index (κ3) is 3.89. The van der Waals surface area contributed by atoms with Crippen molar-refractivity contribution in [3.05, 3.63) is 0 Å². The first kappa shape index (κ1) is 4.89. The molecular weight excluding hydrogens is 69.0 g/mol. The number of hydrogen-bond acceptors (Lipinski definition) is 1. The average Bonchev–Trinajstić information content (AvgIpc) is 1.38. The Balaban J connectivity index is 2.54. The lowest BCUT2D eigenvalue weighted by Gasteiger charge is -1.87. The Morgan fingerprint density at radius 3 is 2.20 bits per heavy atom. The van der Waals surface area contributed by atoms with Crippen LogP contribution in [0.25, 0.3) is 0 Å². The molecule has 0 aromatic heterocycles. The molecule has 0 rings (SSSR count). The molecule has 1 atom stereocenters. The van der Waals surface area contributed by atoms with Gasteiger partial charge in [-0.05, 0) is 6.42 Å². The van der Waals surface area contributed by atoms with E-state index in [1.54, 1.807) is 6.92 Å². The van der Waals surface area contributed by atoms with Crippen molar-refractivity contribution in [1.82, 2.24) is 0 Å². The molecule has 0 fully saturated rings. The Morgan fingerprint density at radius 1 is 2.00 bits per heavy atom. The molecule has 32 valence electrons. The summed E-state index contributed by atoms with van der Waals surface area (Å²) in [4.78, 5) is 0. The topological polar surface area (TPSA) is 26.0 Å². The van der Waals surface area contributed by atoms with Crippen LogP contribution in [0.3, 0.4) is 0 Å². The van der Waals surface area contributed by atoms with Crippen molar-refractivity contribution in [3.63, 3.8) is 0 Å². The van der Waals surface area contributed by atoms with E-state index in [1.807, 2.05) is 0 Å². The third-order valence-electron chi connectivity index (χ3n) is 0.390. The third-order valence-corrected chi connectivity index (χ3v) is 0.390. The van der Waals surface area contributed by atoms with E-state index in [0.717, 1.165) is 0 Å². The minimum atomic E-state index is -1.12. The first-order valence-corrected chi connectivity index (χ1v) is 1.67. The van der Waals surface area contributed by atoms with Gasteiger partial charge in [0.05, 0.1) is 0 Å². The second-order valence-corrected chi connectivity index (χ2v) is 0.924. The Hall–Kier alpha value is -0.110. The van der Waals surface area contributed by atoms with Gasteiger partial charge >= 0.3 is 0 Å². The Morgan fingerprint density at radius 2 is 2.20 bits per heavy atom. The maximum atomic E-state index is 11.2. The van der Waals surface area contributed by atoms with E-state index >= 15 is 0 Å². The molecule has 0 amide bonds. The van der Waals surface area contributed by atoms with Crippen LogP contribution in [-0.2, 0) is 0 Å². The van der Waals surface area contributed by atoms with Gasteiger partial charge in [-0.1, -0.05) is 6.92 Å². The van der Waals surface area contributed by atoms with Crippen molar-refractivity contribution in [3.8, 4) is 0 Å². The van der Waals surface area contributed by atoms with E-state index in [9.17, 15) is 4.39 Å². The predicted molar refractivity (Wildman–Crippen MR) is 19.4 cm³/mol. The first-order valence-electron chi connectivity index (χ1n) is 1.67. The quantitative estimate of drug-likeness (QED) is 0.457. The maximum absolute atomic E-state index is 11.2. The number of hydrogen-bond donors (Lipinski definition) is 1. The van der Waals surface area contributed by atoms with Crippen LogP contribution in [0.5, 0.6) is 0 Å². The van der Waals surface area contributed by atoms with Crippen LogP contribution in [0.4, 0.5) is 4.39 Å². The summed E-state index contributed by atoms with van der Waals surface area (Å²) in [5.41, 5.74) is 4.62. The van der Waals surface area contributed by atoms with Crippen LogP contribution in [0.2, 0.25) is 0 Å². The second-order valence-electron chi connectivity index (χ2n) is 0.924. The maximum Gasteiger partial charge on any atom is 0.148 e. The average molecular weight is 77.1 g/mol. The first-order chi connectivity index (χ1) is 2.27. The summed E-state index contributed by atoms with van der Waals surface area (Å²) in [5, 5.41) is 0. The van der Waals surface area contributed by atoms with Crippen molar-refractivity contribution in [2.24, 2.45) is 5.73 Å². The largest absolute Gasteiger partial charge is 0.302 e. The smallest absolute Gasteiger partial charge is 0.148 e. The monoisotopic (exact) mass is 77.1 g/mol. The molecule has 0 unspecified atom stereocenters. The molecule has 0 bridgehead atoms. The van der Waals surface area contributed by atoms with E-state index in [2.05, 4.69) is 5.73 Å². The number of halogens is 1. The molecule has 2 N–H and O–H groups in total. The summed E-state index contributed by atoms with van der Waals surface area (Å²) >= 11 is 0. The molecule has 5 heavy (non-hydrogen) atoms. The SMILES string of the molecule is CC[C@@H](N)F. The summed E-state index contributed by atoms with van der Waals surface area (Å²) in [6.07, 6.45) is -0.699. The Kier molecular flexibility index (Phi) is 2.10. The highest BCUT2D eigenvalue weighted by molar-refractivity contribution is 4.32. The molecule has 0 heterocycles. The summed E-state index contributed by atoms with van der Waals surface area (Å²) in [5.74, 6) is 0. The zero-order valence-electron chi connectivity index (χ0n) is 3.24. The highest BCUT2D eigenvalue weighted by Crippen LogP contribution is 1.81. The highest BCUT2D eigenvalue weighted by Gasteiger charge is 1.85. The fraction of sp³-hybridized carbons (Fsp3) is 1.00. The van der Waals surface area contributed by atoms with Crippen molar-refractivity contribution in [1.29, 1.82) is 0 Å². The molecule has 0 aliphatic heterocycles. The molecule has 0 aliphatic rings. The second kappa shape index (κ2) is 2.15. The molecule has 0 aromatic carbocycles. The molecule has 0 saturated carbocycles. The van der Waals surface area contributed by atoms with E-state index in [4.69, 9.17) is 0 Å². The van der Waals surface area contributed by atoms with Gasteiger partial charge in [0.2, 0.25) is 0 Å². The molecule has 0 radical (unpaired) electrons. The van der Waals surface area contributed by atoms with Crippen LogP contribution in [-0.4, -0.2) is 6.30 Å². The lowest BCUT2D eigenvalue weighted by Crippen LogP contribution is -2.09.